The van der Waals surface area contributed by atoms with Crippen LogP contribution in [0.5, 0.6) is 11.5 Å². The standard InChI is InChI=1S/C30H27BrClNO5/c1-3-5-6-14-37-24-12-10-18(15-25(24)36-4-2)27-26-28(34)22-16-19(31)11-13-23(22)38-29(26)30(35)33(27)21-9-7-8-20(32)17-21/h7-13,15-17,27H,3-6,14H2,1-2H3. The zero-order valence-corrected chi connectivity index (χ0v) is 23.5. The van der Waals surface area contributed by atoms with Gasteiger partial charge in [0, 0.05) is 15.2 Å². The third kappa shape index (κ3) is 4.93. The van der Waals surface area contributed by atoms with E-state index in [-0.39, 0.29) is 16.8 Å². The maximum atomic E-state index is 13.9. The normalized spacial score (nSPS) is 14.7. The lowest BCUT2D eigenvalue weighted by molar-refractivity contribution is 0.0971. The van der Waals surface area contributed by atoms with Gasteiger partial charge in [0.1, 0.15) is 5.58 Å². The van der Waals surface area contributed by atoms with Crippen LogP contribution in [-0.4, -0.2) is 19.1 Å². The number of nitrogens with zero attached hydrogens (tertiary/aromatic N) is 1. The highest BCUT2D eigenvalue weighted by Gasteiger charge is 2.44. The van der Waals surface area contributed by atoms with Crippen LogP contribution in [0.1, 0.15) is 60.8 Å². The summed E-state index contributed by atoms with van der Waals surface area (Å²) in [5, 5.41) is 0.869. The lowest BCUT2D eigenvalue weighted by atomic mass is 9.97. The number of carbonyl (C=O) groups excluding carboxylic acids is 1. The van der Waals surface area contributed by atoms with Crippen LogP contribution in [0.2, 0.25) is 5.02 Å². The SMILES string of the molecule is CCCCCOc1ccc(C2c3c(oc4ccc(Br)cc4c3=O)C(=O)N2c2cccc(Cl)c2)cc1OCC. The minimum atomic E-state index is -0.746. The zero-order chi connectivity index (χ0) is 26.8. The minimum Gasteiger partial charge on any atom is -0.490 e. The summed E-state index contributed by atoms with van der Waals surface area (Å²) in [6, 6.07) is 17.0. The van der Waals surface area contributed by atoms with Gasteiger partial charge in [-0.15, -0.1) is 0 Å². The molecular formula is C30H27BrClNO5. The lowest BCUT2D eigenvalue weighted by Gasteiger charge is -2.26. The predicted octanol–water partition coefficient (Wildman–Crippen LogP) is 7.93. The van der Waals surface area contributed by atoms with Crippen LogP contribution in [-0.2, 0) is 0 Å². The molecule has 1 aromatic heterocycles. The molecule has 1 aliphatic heterocycles. The summed E-state index contributed by atoms with van der Waals surface area (Å²) in [5.41, 5.74) is 1.62. The Bertz CT molecular complexity index is 1570. The molecule has 3 aromatic carbocycles. The number of ether oxygens (including phenoxy) is 2. The molecule has 0 bridgehead atoms. The summed E-state index contributed by atoms with van der Waals surface area (Å²) >= 11 is 9.74. The number of rotatable bonds is 9. The maximum Gasteiger partial charge on any atom is 0.295 e. The Hall–Kier alpha value is -3.29. The predicted molar refractivity (Wildman–Crippen MR) is 153 cm³/mol. The Morgan fingerprint density at radius 3 is 2.58 bits per heavy atom. The van der Waals surface area contributed by atoms with E-state index in [4.69, 9.17) is 25.5 Å². The van der Waals surface area contributed by atoms with Gasteiger partial charge in [0.25, 0.3) is 5.91 Å². The fraction of sp³-hybridized carbons (Fsp3) is 0.267. The molecule has 0 saturated carbocycles. The highest BCUT2D eigenvalue weighted by Crippen LogP contribution is 2.44. The molecule has 1 unspecified atom stereocenters. The van der Waals surface area contributed by atoms with Crippen molar-refractivity contribution >= 4 is 50.1 Å². The highest BCUT2D eigenvalue weighted by atomic mass is 79.9. The van der Waals surface area contributed by atoms with Gasteiger partial charge in [0.2, 0.25) is 5.76 Å². The van der Waals surface area contributed by atoms with E-state index in [2.05, 4.69) is 22.9 Å². The molecule has 4 aromatic rings. The molecular weight excluding hydrogens is 570 g/mol. The van der Waals surface area contributed by atoms with Gasteiger partial charge < -0.3 is 13.9 Å². The molecule has 38 heavy (non-hydrogen) atoms. The molecule has 5 rings (SSSR count). The van der Waals surface area contributed by atoms with Crippen LogP contribution >= 0.6 is 27.5 Å². The van der Waals surface area contributed by atoms with E-state index in [1.165, 1.54) is 0 Å². The van der Waals surface area contributed by atoms with E-state index >= 15 is 0 Å². The van der Waals surface area contributed by atoms with Crippen LogP contribution in [0.25, 0.3) is 11.0 Å². The summed E-state index contributed by atoms with van der Waals surface area (Å²) < 4.78 is 18.7. The van der Waals surface area contributed by atoms with Crippen molar-refractivity contribution in [2.75, 3.05) is 18.1 Å². The molecule has 1 amide bonds. The molecule has 2 heterocycles. The first kappa shape index (κ1) is 26.3. The van der Waals surface area contributed by atoms with E-state index in [1.807, 2.05) is 25.1 Å². The van der Waals surface area contributed by atoms with Crippen molar-refractivity contribution in [3.05, 3.63) is 97.3 Å². The summed E-state index contributed by atoms with van der Waals surface area (Å²) in [7, 11) is 0. The quantitative estimate of drug-likeness (QED) is 0.184. The third-order valence-electron chi connectivity index (χ3n) is 6.51. The minimum absolute atomic E-state index is 0.0210. The summed E-state index contributed by atoms with van der Waals surface area (Å²) in [5.74, 6) is 0.793. The van der Waals surface area contributed by atoms with Crippen molar-refractivity contribution in [3.63, 3.8) is 0 Å². The number of carbonyl (C=O) groups is 1. The molecule has 6 nitrogen and oxygen atoms in total. The number of fused-ring (bicyclic) bond motifs is 2. The average molecular weight is 597 g/mol. The molecule has 0 spiro atoms. The van der Waals surface area contributed by atoms with Gasteiger partial charge in [-0.25, -0.2) is 0 Å². The van der Waals surface area contributed by atoms with Gasteiger partial charge >= 0.3 is 0 Å². The van der Waals surface area contributed by atoms with Crippen molar-refractivity contribution in [2.45, 2.75) is 39.2 Å². The molecule has 196 valence electrons. The third-order valence-corrected chi connectivity index (χ3v) is 7.24. The topological polar surface area (TPSA) is 69.0 Å². The zero-order valence-electron chi connectivity index (χ0n) is 21.1. The monoisotopic (exact) mass is 595 g/mol. The highest BCUT2D eigenvalue weighted by molar-refractivity contribution is 9.10. The number of benzene rings is 3. The van der Waals surface area contributed by atoms with E-state index in [9.17, 15) is 9.59 Å². The van der Waals surface area contributed by atoms with Crippen LogP contribution in [0, 0.1) is 0 Å². The Labute approximate surface area is 234 Å². The van der Waals surface area contributed by atoms with Gasteiger partial charge in [0.05, 0.1) is 30.2 Å². The second-order valence-electron chi connectivity index (χ2n) is 9.07. The van der Waals surface area contributed by atoms with E-state index in [0.29, 0.717) is 52.0 Å². The van der Waals surface area contributed by atoms with Crippen molar-refractivity contribution < 1.29 is 18.7 Å². The van der Waals surface area contributed by atoms with Gasteiger partial charge in [0.15, 0.2) is 16.9 Å². The fourth-order valence-corrected chi connectivity index (χ4v) is 5.31. The second kappa shape index (κ2) is 11.2. The molecule has 0 fully saturated rings. The van der Waals surface area contributed by atoms with Gasteiger partial charge in [-0.3, -0.25) is 14.5 Å². The molecule has 0 saturated heterocycles. The molecule has 0 aliphatic carbocycles. The van der Waals surface area contributed by atoms with Gasteiger partial charge in [-0.2, -0.15) is 0 Å². The number of halogens is 2. The van der Waals surface area contributed by atoms with Gasteiger partial charge in [-0.1, -0.05) is 59.4 Å². The second-order valence-corrected chi connectivity index (χ2v) is 10.4. The number of amides is 1. The maximum absolute atomic E-state index is 13.9. The lowest BCUT2D eigenvalue weighted by Crippen LogP contribution is -2.29. The van der Waals surface area contributed by atoms with Crippen molar-refractivity contribution in [3.8, 4) is 11.5 Å². The van der Waals surface area contributed by atoms with Gasteiger partial charge in [-0.05, 0) is 67.4 Å². The summed E-state index contributed by atoms with van der Waals surface area (Å²) in [6.07, 6.45) is 3.13. The average Bonchev–Trinajstić information content (AvgIpc) is 3.20. The van der Waals surface area contributed by atoms with Crippen LogP contribution in [0.15, 0.2) is 74.3 Å². The number of hydrogen-bond acceptors (Lipinski definition) is 5. The smallest absolute Gasteiger partial charge is 0.295 e. The van der Waals surface area contributed by atoms with E-state index in [1.54, 1.807) is 47.4 Å². The molecule has 0 N–H and O–H groups in total. The van der Waals surface area contributed by atoms with E-state index < -0.39 is 11.9 Å². The number of hydrogen-bond donors (Lipinski definition) is 0. The van der Waals surface area contributed by atoms with Crippen molar-refractivity contribution in [1.82, 2.24) is 0 Å². The first-order valence-corrected chi connectivity index (χ1v) is 13.8. The van der Waals surface area contributed by atoms with Crippen LogP contribution in [0.3, 0.4) is 0 Å². The van der Waals surface area contributed by atoms with E-state index in [0.717, 1.165) is 23.7 Å². The first-order chi connectivity index (χ1) is 18.4. The molecule has 1 atom stereocenters. The van der Waals surface area contributed by atoms with Crippen molar-refractivity contribution in [2.24, 2.45) is 0 Å². The Morgan fingerprint density at radius 1 is 0.974 bits per heavy atom. The van der Waals surface area contributed by atoms with Crippen LogP contribution < -0.4 is 19.8 Å². The molecule has 8 heteroatoms. The number of unbranched alkanes of at least 4 members (excludes halogenated alkanes) is 2. The van der Waals surface area contributed by atoms with Crippen molar-refractivity contribution in [1.29, 1.82) is 0 Å². The van der Waals surface area contributed by atoms with Crippen LogP contribution in [0.4, 0.5) is 5.69 Å². The Kier molecular flexibility index (Phi) is 7.77. The largest absolute Gasteiger partial charge is 0.490 e. The Balaban J connectivity index is 1.68. The first-order valence-electron chi connectivity index (χ1n) is 12.7. The molecule has 0 radical (unpaired) electrons. The Morgan fingerprint density at radius 2 is 1.82 bits per heavy atom. The fourth-order valence-electron chi connectivity index (χ4n) is 4.77. The number of anilines is 1. The summed E-state index contributed by atoms with van der Waals surface area (Å²) in [4.78, 5) is 29.3. The molecule has 1 aliphatic rings. The summed E-state index contributed by atoms with van der Waals surface area (Å²) in [6.45, 7) is 5.06.